The van der Waals surface area contributed by atoms with Crippen LogP contribution in [0.4, 0.5) is 13.2 Å². The molecule has 0 saturated heterocycles. The number of hydrogen-bond donors (Lipinski definition) is 2. The Balaban J connectivity index is 2.30. The van der Waals surface area contributed by atoms with Crippen molar-refractivity contribution in [3.05, 3.63) is 33.8 Å². The SMILES string of the molecule is N[C@@H](c1cc(C(F)(F)F)ccc1Br)[C@H](O)C1CC1. The zero-order valence-corrected chi connectivity index (χ0v) is 11.0. The Labute approximate surface area is 111 Å². The van der Waals surface area contributed by atoms with E-state index in [1.165, 1.54) is 6.07 Å². The summed E-state index contributed by atoms with van der Waals surface area (Å²) in [6, 6.07) is 2.51. The average molecular weight is 324 g/mol. The standard InChI is InChI=1S/C12H13BrF3NO/c13-9-4-3-7(12(14,15)16)5-8(9)10(17)11(18)6-1-2-6/h3-6,10-11,18H,1-2,17H2/t10-,11+/m0/s1. The number of halogens is 4. The van der Waals surface area contributed by atoms with Crippen LogP contribution in [-0.4, -0.2) is 11.2 Å². The van der Waals surface area contributed by atoms with Crippen molar-refractivity contribution in [2.45, 2.75) is 31.2 Å². The third kappa shape index (κ3) is 2.87. The van der Waals surface area contributed by atoms with E-state index in [2.05, 4.69) is 15.9 Å². The predicted molar refractivity (Wildman–Crippen MR) is 64.8 cm³/mol. The highest BCUT2D eigenvalue weighted by Crippen LogP contribution is 2.40. The van der Waals surface area contributed by atoms with Crippen LogP contribution in [-0.2, 0) is 6.18 Å². The summed E-state index contributed by atoms with van der Waals surface area (Å²) in [5.74, 6) is 0.112. The Kier molecular flexibility index (Phi) is 3.71. The first-order chi connectivity index (χ1) is 8.30. The van der Waals surface area contributed by atoms with Crippen molar-refractivity contribution in [3.63, 3.8) is 0 Å². The van der Waals surface area contributed by atoms with Crippen LogP contribution < -0.4 is 5.73 Å². The molecule has 0 unspecified atom stereocenters. The summed E-state index contributed by atoms with van der Waals surface area (Å²) in [6.45, 7) is 0. The van der Waals surface area contributed by atoms with Gasteiger partial charge >= 0.3 is 6.18 Å². The number of aliphatic hydroxyl groups is 1. The molecule has 18 heavy (non-hydrogen) atoms. The largest absolute Gasteiger partial charge is 0.416 e. The van der Waals surface area contributed by atoms with Gasteiger partial charge in [0.15, 0.2) is 0 Å². The van der Waals surface area contributed by atoms with Gasteiger partial charge in [0, 0.05) is 4.47 Å². The second-order valence-corrected chi connectivity index (χ2v) is 5.44. The highest BCUT2D eigenvalue weighted by molar-refractivity contribution is 9.10. The van der Waals surface area contributed by atoms with Gasteiger partial charge in [-0.2, -0.15) is 13.2 Å². The zero-order chi connectivity index (χ0) is 13.5. The van der Waals surface area contributed by atoms with Gasteiger partial charge in [-0.3, -0.25) is 0 Å². The minimum Gasteiger partial charge on any atom is -0.391 e. The van der Waals surface area contributed by atoms with E-state index >= 15 is 0 Å². The molecule has 2 rings (SSSR count). The summed E-state index contributed by atoms with van der Waals surface area (Å²) in [5.41, 5.74) is 5.39. The normalized spacial score (nSPS) is 19.7. The lowest BCUT2D eigenvalue weighted by Gasteiger charge is -2.21. The van der Waals surface area contributed by atoms with E-state index in [1.54, 1.807) is 0 Å². The number of benzene rings is 1. The number of rotatable bonds is 3. The van der Waals surface area contributed by atoms with E-state index in [0.29, 0.717) is 10.0 Å². The maximum Gasteiger partial charge on any atom is 0.416 e. The maximum absolute atomic E-state index is 12.6. The van der Waals surface area contributed by atoms with Gasteiger partial charge < -0.3 is 10.8 Å². The molecule has 1 saturated carbocycles. The van der Waals surface area contributed by atoms with E-state index in [9.17, 15) is 18.3 Å². The van der Waals surface area contributed by atoms with Crippen LogP contribution in [0.15, 0.2) is 22.7 Å². The Hall–Kier alpha value is -0.590. The first-order valence-electron chi connectivity index (χ1n) is 5.61. The molecule has 0 spiro atoms. The molecule has 1 aliphatic carbocycles. The Morgan fingerprint density at radius 3 is 2.44 bits per heavy atom. The molecule has 1 aliphatic rings. The Bertz CT molecular complexity index is 445. The minimum absolute atomic E-state index is 0.112. The van der Waals surface area contributed by atoms with Crippen molar-refractivity contribution in [3.8, 4) is 0 Å². The third-order valence-corrected chi connectivity index (χ3v) is 3.88. The number of alkyl halides is 3. The van der Waals surface area contributed by atoms with Crippen LogP contribution in [0.5, 0.6) is 0 Å². The molecule has 6 heteroatoms. The van der Waals surface area contributed by atoms with Gasteiger partial charge in [0.05, 0.1) is 17.7 Å². The summed E-state index contributed by atoms with van der Waals surface area (Å²) in [6.07, 6.45) is -3.43. The van der Waals surface area contributed by atoms with Gasteiger partial charge in [-0.05, 0) is 42.5 Å². The van der Waals surface area contributed by atoms with Crippen LogP contribution in [0, 0.1) is 5.92 Å². The molecule has 0 aromatic heterocycles. The molecule has 1 aromatic rings. The molecule has 0 aliphatic heterocycles. The van der Waals surface area contributed by atoms with E-state index in [-0.39, 0.29) is 5.92 Å². The lowest BCUT2D eigenvalue weighted by atomic mass is 9.97. The topological polar surface area (TPSA) is 46.2 Å². The highest BCUT2D eigenvalue weighted by atomic mass is 79.9. The van der Waals surface area contributed by atoms with Crippen LogP contribution in [0.2, 0.25) is 0 Å². The van der Waals surface area contributed by atoms with E-state index in [4.69, 9.17) is 5.73 Å². The van der Waals surface area contributed by atoms with Crippen molar-refractivity contribution >= 4 is 15.9 Å². The molecule has 100 valence electrons. The zero-order valence-electron chi connectivity index (χ0n) is 9.41. The fourth-order valence-electron chi connectivity index (χ4n) is 1.89. The molecule has 2 atom stereocenters. The van der Waals surface area contributed by atoms with Crippen molar-refractivity contribution in [2.24, 2.45) is 11.7 Å². The average Bonchev–Trinajstić information content (AvgIpc) is 3.10. The smallest absolute Gasteiger partial charge is 0.391 e. The molecular formula is C12H13BrF3NO. The molecule has 0 radical (unpaired) electrons. The van der Waals surface area contributed by atoms with Crippen molar-refractivity contribution in [2.75, 3.05) is 0 Å². The second kappa shape index (κ2) is 4.83. The summed E-state index contributed by atoms with van der Waals surface area (Å²) >= 11 is 3.18. The molecule has 2 nitrogen and oxygen atoms in total. The third-order valence-electron chi connectivity index (χ3n) is 3.16. The van der Waals surface area contributed by atoms with E-state index in [0.717, 1.165) is 25.0 Å². The summed E-state index contributed by atoms with van der Waals surface area (Å²) in [4.78, 5) is 0. The van der Waals surface area contributed by atoms with E-state index in [1.807, 2.05) is 0 Å². The number of hydrogen-bond acceptors (Lipinski definition) is 2. The second-order valence-electron chi connectivity index (χ2n) is 4.59. The number of nitrogens with two attached hydrogens (primary N) is 1. The van der Waals surface area contributed by atoms with Crippen LogP contribution in [0.3, 0.4) is 0 Å². The van der Waals surface area contributed by atoms with Gasteiger partial charge in [0.1, 0.15) is 0 Å². The summed E-state index contributed by atoms with van der Waals surface area (Å²) in [7, 11) is 0. The molecule has 0 amide bonds. The highest BCUT2D eigenvalue weighted by Gasteiger charge is 2.36. The lowest BCUT2D eigenvalue weighted by Crippen LogP contribution is -2.28. The number of aliphatic hydroxyl groups excluding tert-OH is 1. The van der Waals surface area contributed by atoms with Crippen molar-refractivity contribution in [1.29, 1.82) is 0 Å². The van der Waals surface area contributed by atoms with Gasteiger partial charge in [-0.15, -0.1) is 0 Å². The van der Waals surface area contributed by atoms with Gasteiger partial charge in [0.2, 0.25) is 0 Å². The summed E-state index contributed by atoms with van der Waals surface area (Å²) in [5, 5.41) is 9.90. The van der Waals surface area contributed by atoms with Gasteiger partial charge in [-0.25, -0.2) is 0 Å². The van der Waals surface area contributed by atoms with Crippen molar-refractivity contribution < 1.29 is 18.3 Å². The van der Waals surface area contributed by atoms with Crippen LogP contribution in [0.25, 0.3) is 0 Å². The maximum atomic E-state index is 12.6. The monoisotopic (exact) mass is 323 g/mol. The fraction of sp³-hybridized carbons (Fsp3) is 0.500. The van der Waals surface area contributed by atoms with E-state index < -0.39 is 23.9 Å². The Morgan fingerprint density at radius 1 is 1.33 bits per heavy atom. The molecule has 1 aromatic carbocycles. The van der Waals surface area contributed by atoms with Gasteiger partial charge in [-0.1, -0.05) is 15.9 Å². The summed E-state index contributed by atoms with van der Waals surface area (Å²) < 4.78 is 38.3. The predicted octanol–water partition coefficient (Wildman–Crippen LogP) is 3.24. The lowest BCUT2D eigenvalue weighted by molar-refractivity contribution is -0.137. The molecular weight excluding hydrogens is 311 g/mol. The van der Waals surface area contributed by atoms with Crippen LogP contribution >= 0.6 is 15.9 Å². The minimum atomic E-state index is -4.40. The molecule has 0 bridgehead atoms. The first kappa shape index (κ1) is 13.8. The fourth-order valence-corrected chi connectivity index (χ4v) is 2.40. The van der Waals surface area contributed by atoms with Crippen molar-refractivity contribution in [1.82, 2.24) is 0 Å². The molecule has 1 fully saturated rings. The molecule has 3 N–H and O–H groups in total. The Morgan fingerprint density at radius 2 is 1.94 bits per heavy atom. The quantitative estimate of drug-likeness (QED) is 0.897. The molecule has 0 heterocycles. The van der Waals surface area contributed by atoms with Gasteiger partial charge in [0.25, 0.3) is 0 Å². The first-order valence-corrected chi connectivity index (χ1v) is 6.40. The van der Waals surface area contributed by atoms with Crippen LogP contribution in [0.1, 0.15) is 30.0 Å².